The average Bonchev–Trinajstić information content (AvgIpc) is 2.91. The average molecular weight is 353 g/mol. The van der Waals surface area contributed by atoms with Crippen LogP contribution in [0.25, 0.3) is 0 Å². The van der Waals surface area contributed by atoms with Crippen LogP contribution in [0.5, 0.6) is 0 Å². The summed E-state index contributed by atoms with van der Waals surface area (Å²) in [5.74, 6) is -0.163. The Morgan fingerprint density at radius 2 is 2.10 bits per heavy atom. The first-order chi connectivity index (χ1) is 10.0. The van der Waals surface area contributed by atoms with E-state index in [1.54, 1.807) is 6.92 Å². The molecule has 0 amide bonds. The molecule has 2 rings (SSSR count). The van der Waals surface area contributed by atoms with Gasteiger partial charge in [0.15, 0.2) is 11.7 Å². The highest BCUT2D eigenvalue weighted by molar-refractivity contribution is 9.10. The van der Waals surface area contributed by atoms with Crippen LogP contribution < -0.4 is 0 Å². The Hall–Kier alpha value is -1.69. The highest BCUT2D eigenvalue weighted by Crippen LogP contribution is 2.31. The van der Waals surface area contributed by atoms with Gasteiger partial charge in [0.1, 0.15) is 0 Å². The van der Waals surface area contributed by atoms with Crippen molar-refractivity contribution in [2.45, 2.75) is 32.6 Å². The van der Waals surface area contributed by atoms with Crippen molar-refractivity contribution in [1.29, 1.82) is 0 Å². The standard InChI is InChI=1S/C15H17BrN2O3/c1-4-20-15(19)12(10-7-5-6-8-11(10)16)14-17-13(9(2)3)18-21-14/h5-9,12H,4H2,1-3H3. The smallest absolute Gasteiger partial charge is 0.323 e. The van der Waals surface area contributed by atoms with E-state index in [0.29, 0.717) is 12.4 Å². The van der Waals surface area contributed by atoms with Gasteiger partial charge < -0.3 is 9.26 Å². The fourth-order valence-electron chi connectivity index (χ4n) is 1.89. The van der Waals surface area contributed by atoms with Gasteiger partial charge in [0.05, 0.1) is 6.61 Å². The minimum atomic E-state index is -0.722. The van der Waals surface area contributed by atoms with Gasteiger partial charge in [-0.2, -0.15) is 4.98 Å². The molecule has 2 aromatic rings. The first-order valence-electron chi connectivity index (χ1n) is 6.79. The molecule has 1 atom stereocenters. The Balaban J connectivity index is 2.45. The number of rotatable bonds is 5. The molecule has 0 saturated carbocycles. The van der Waals surface area contributed by atoms with E-state index in [0.717, 1.165) is 10.0 Å². The molecular formula is C15H17BrN2O3. The van der Waals surface area contributed by atoms with E-state index in [2.05, 4.69) is 26.1 Å². The van der Waals surface area contributed by atoms with Gasteiger partial charge in [0.2, 0.25) is 5.89 Å². The van der Waals surface area contributed by atoms with Crippen molar-refractivity contribution in [1.82, 2.24) is 10.1 Å². The lowest BCUT2D eigenvalue weighted by Gasteiger charge is -2.13. The molecule has 0 spiro atoms. The second-order valence-corrected chi connectivity index (χ2v) is 5.71. The molecule has 0 saturated heterocycles. The van der Waals surface area contributed by atoms with Crippen LogP contribution in [0.15, 0.2) is 33.3 Å². The Morgan fingerprint density at radius 3 is 2.67 bits per heavy atom. The molecule has 5 nitrogen and oxygen atoms in total. The topological polar surface area (TPSA) is 65.2 Å². The molecule has 0 aliphatic heterocycles. The third kappa shape index (κ3) is 3.50. The first kappa shape index (κ1) is 15.7. The summed E-state index contributed by atoms with van der Waals surface area (Å²) in [4.78, 5) is 16.6. The number of carbonyl (C=O) groups is 1. The molecule has 0 aliphatic rings. The number of ether oxygens (including phenoxy) is 1. The van der Waals surface area contributed by atoms with Gasteiger partial charge in [-0.3, -0.25) is 4.79 Å². The summed E-state index contributed by atoms with van der Waals surface area (Å²) >= 11 is 3.45. The molecular weight excluding hydrogens is 336 g/mol. The summed E-state index contributed by atoms with van der Waals surface area (Å²) in [6.07, 6.45) is 0. The fraction of sp³-hybridized carbons (Fsp3) is 0.400. The molecule has 0 fully saturated rings. The fourth-order valence-corrected chi connectivity index (χ4v) is 2.41. The van der Waals surface area contributed by atoms with Crippen molar-refractivity contribution in [3.63, 3.8) is 0 Å². The van der Waals surface area contributed by atoms with Crippen LogP contribution in [0.1, 0.15) is 49.9 Å². The van der Waals surface area contributed by atoms with E-state index < -0.39 is 11.9 Å². The third-order valence-corrected chi connectivity index (χ3v) is 3.68. The lowest BCUT2D eigenvalue weighted by atomic mass is 9.99. The Kier molecular flexibility index (Phi) is 5.12. The summed E-state index contributed by atoms with van der Waals surface area (Å²) in [6.45, 7) is 5.99. The maximum atomic E-state index is 12.3. The lowest BCUT2D eigenvalue weighted by molar-refractivity contribution is -0.144. The molecule has 0 radical (unpaired) electrons. The Labute approximate surface area is 131 Å². The summed E-state index contributed by atoms with van der Waals surface area (Å²) in [7, 11) is 0. The van der Waals surface area contributed by atoms with Crippen LogP contribution in [-0.2, 0) is 9.53 Å². The molecule has 112 valence electrons. The Bertz CT molecular complexity index is 625. The molecule has 1 heterocycles. The SMILES string of the molecule is CCOC(=O)C(c1nc(C(C)C)no1)c1ccccc1Br. The van der Waals surface area contributed by atoms with E-state index in [1.807, 2.05) is 38.1 Å². The van der Waals surface area contributed by atoms with Crippen LogP contribution >= 0.6 is 15.9 Å². The minimum Gasteiger partial charge on any atom is -0.465 e. The largest absolute Gasteiger partial charge is 0.465 e. The zero-order valence-electron chi connectivity index (χ0n) is 12.2. The normalized spacial score (nSPS) is 12.4. The van der Waals surface area contributed by atoms with Crippen molar-refractivity contribution >= 4 is 21.9 Å². The summed E-state index contributed by atoms with van der Waals surface area (Å²) in [5.41, 5.74) is 0.745. The van der Waals surface area contributed by atoms with E-state index in [1.165, 1.54) is 0 Å². The lowest BCUT2D eigenvalue weighted by Crippen LogP contribution is -2.18. The number of hydrogen-bond acceptors (Lipinski definition) is 5. The van der Waals surface area contributed by atoms with Crippen LogP contribution in [0.4, 0.5) is 0 Å². The quantitative estimate of drug-likeness (QED) is 0.768. The number of nitrogens with zero attached hydrogens (tertiary/aromatic N) is 2. The zero-order chi connectivity index (χ0) is 15.4. The molecule has 1 aromatic carbocycles. The molecule has 1 unspecified atom stereocenters. The van der Waals surface area contributed by atoms with Gasteiger partial charge >= 0.3 is 5.97 Å². The van der Waals surface area contributed by atoms with Gasteiger partial charge in [-0.25, -0.2) is 0 Å². The van der Waals surface area contributed by atoms with Crippen LogP contribution in [-0.4, -0.2) is 22.7 Å². The van der Waals surface area contributed by atoms with Crippen molar-refractivity contribution in [2.75, 3.05) is 6.61 Å². The summed E-state index contributed by atoms with van der Waals surface area (Å²) in [6, 6.07) is 7.43. The Morgan fingerprint density at radius 1 is 1.38 bits per heavy atom. The second-order valence-electron chi connectivity index (χ2n) is 4.85. The van der Waals surface area contributed by atoms with E-state index in [-0.39, 0.29) is 11.8 Å². The highest BCUT2D eigenvalue weighted by Gasteiger charge is 2.31. The maximum Gasteiger partial charge on any atom is 0.323 e. The molecule has 0 bridgehead atoms. The molecule has 21 heavy (non-hydrogen) atoms. The number of hydrogen-bond donors (Lipinski definition) is 0. The van der Waals surface area contributed by atoms with Crippen molar-refractivity contribution in [2.24, 2.45) is 0 Å². The van der Waals surface area contributed by atoms with Crippen molar-refractivity contribution < 1.29 is 14.1 Å². The van der Waals surface area contributed by atoms with Gasteiger partial charge in [-0.1, -0.05) is 53.1 Å². The molecule has 1 aromatic heterocycles. The van der Waals surface area contributed by atoms with Crippen molar-refractivity contribution in [3.8, 4) is 0 Å². The number of halogens is 1. The maximum absolute atomic E-state index is 12.3. The van der Waals surface area contributed by atoms with Crippen LogP contribution in [0.2, 0.25) is 0 Å². The molecule has 6 heteroatoms. The summed E-state index contributed by atoms with van der Waals surface area (Å²) < 4.78 is 11.2. The second kappa shape index (κ2) is 6.85. The molecule has 0 aliphatic carbocycles. The van der Waals surface area contributed by atoms with Crippen LogP contribution in [0, 0.1) is 0 Å². The van der Waals surface area contributed by atoms with Gasteiger partial charge in [-0.15, -0.1) is 0 Å². The van der Waals surface area contributed by atoms with E-state index in [4.69, 9.17) is 9.26 Å². The summed E-state index contributed by atoms with van der Waals surface area (Å²) in [5, 5.41) is 3.93. The van der Waals surface area contributed by atoms with E-state index in [9.17, 15) is 4.79 Å². The third-order valence-electron chi connectivity index (χ3n) is 2.96. The first-order valence-corrected chi connectivity index (χ1v) is 7.58. The highest BCUT2D eigenvalue weighted by atomic mass is 79.9. The predicted octanol–water partition coefficient (Wildman–Crippen LogP) is 3.65. The number of benzene rings is 1. The van der Waals surface area contributed by atoms with Gasteiger partial charge in [0, 0.05) is 10.4 Å². The molecule has 0 N–H and O–H groups in total. The van der Waals surface area contributed by atoms with Gasteiger partial charge in [0.25, 0.3) is 0 Å². The number of aromatic nitrogens is 2. The van der Waals surface area contributed by atoms with Gasteiger partial charge in [-0.05, 0) is 18.6 Å². The minimum absolute atomic E-state index is 0.129. The van der Waals surface area contributed by atoms with Crippen molar-refractivity contribution in [3.05, 3.63) is 46.0 Å². The monoisotopic (exact) mass is 352 g/mol. The zero-order valence-corrected chi connectivity index (χ0v) is 13.8. The number of carbonyl (C=O) groups excluding carboxylic acids is 1. The predicted molar refractivity (Wildman–Crippen MR) is 81.0 cm³/mol. The van der Waals surface area contributed by atoms with E-state index >= 15 is 0 Å². The van der Waals surface area contributed by atoms with Crippen LogP contribution in [0.3, 0.4) is 0 Å². The number of esters is 1.